The fourth-order valence-electron chi connectivity index (χ4n) is 1.93. The van der Waals surface area contributed by atoms with Gasteiger partial charge >= 0.3 is 0 Å². The lowest BCUT2D eigenvalue weighted by molar-refractivity contribution is 0.0549. The summed E-state index contributed by atoms with van der Waals surface area (Å²) < 4.78 is 12.5. The third kappa shape index (κ3) is 4.08. The van der Waals surface area contributed by atoms with Gasteiger partial charge in [0.25, 0.3) is 0 Å². The molecule has 20 heavy (non-hydrogen) atoms. The second kappa shape index (κ2) is 7.81. The van der Waals surface area contributed by atoms with Gasteiger partial charge < -0.3 is 9.47 Å². The molecule has 0 bridgehead atoms. The van der Waals surface area contributed by atoms with Crippen LogP contribution in [0.3, 0.4) is 0 Å². The molecule has 1 unspecified atom stereocenters. The highest BCUT2D eigenvalue weighted by atomic mass is 79.9. The molecule has 106 valence electrons. The van der Waals surface area contributed by atoms with Gasteiger partial charge in [-0.15, -0.1) is 0 Å². The van der Waals surface area contributed by atoms with E-state index >= 15 is 0 Å². The molecular weight excluding hydrogens is 384 g/mol. The van der Waals surface area contributed by atoms with E-state index in [0.29, 0.717) is 6.61 Å². The zero-order chi connectivity index (χ0) is 14.4. The average Bonchev–Trinajstić information content (AvgIpc) is 2.50. The van der Waals surface area contributed by atoms with Gasteiger partial charge in [0.05, 0.1) is 19.8 Å². The van der Waals surface area contributed by atoms with E-state index in [9.17, 15) is 0 Å². The van der Waals surface area contributed by atoms with Crippen molar-refractivity contribution in [2.45, 2.75) is 12.7 Å². The second-order valence-electron chi connectivity index (χ2n) is 4.32. The lowest BCUT2D eigenvalue weighted by Gasteiger charge is -2.18. The first-order valence-electron chi connectivity index (χ1n) is 6.29. The number of halogens is 2. The van der Waals surface area contributed by atoms with Crippen molar-refractivity contribution in [1.82, 2.24) is 0 Å². The van der Waals surface area contributed by atoms with Gasteiger partial charge in [0, 0.05) is 15.4 Å². The normalized spacial score (nSPS) is 12.2. The summed E-state index contributed by atoms with van der Waals surface area (Å²) >= 11 is 6.94. The average molecular weight is 400 g/mol. The Kier molecular flexibility index (Phi) is 6.07. The molecule has 4 heteroatoms. The Labute approximate surface area is 136 Å². The predicted molar refractivity (Wildman–Crippen MR) is 88.5 cm³/mol. The third-order valence-electron chi connectivity index (χ3n) is 2.99. The van der Waals surface area contributed by atoms with Crippen LogP contribution in [0.2, 0.25) is 0 Å². The largest absolute Gasteiger partial charge is 0.496 e. The van der Waals surface area contributed by atoms with E-state index < -0.39 is 0 Å². The zero-order valence-corrected chi connectivity index (χ0v) is 14.4. The summed E-state index contributed by atoms with van der Waals surface area (Å²) in [6.07, 6.45) is -0.0326. The van der Waals surface area contributed by atoms with Gasteiger partial charge in [-0.05, 0) is 23.8 Å². The Morgan fingerprint density at radius 1 is 1.05 bits per heavy atom. The van der Waals surface area contributed by atoms with Crippen molar-refractivity contribution in [2.75, 3.05) is 12.4 Å². The van der Waals surface area contributed by atoms with Gasteiger partial charge in [-0.25, -0.2) is 0 Å². The second-order valence-corrected chi connectivity index (χ2v) is 5.89. The van der Waals surface area contributed by atoms with E-state index in [4.69, 9.17) is 9.47 Å². The number of benzene rings is 2. The Balaban J connectivity index is 2.07. The molecule has 0 radical (unpaired) electrons. The Morgan fingerprint density at radius 3 is 2.40 bits per heavy atom. The van der Waals surface area contributed by atoms with Gasteiger partial charge in [0.15, 0.2) is 0 Å². The van der Waals surface area contributed by atoms with Crippen LogP contribution in [0, 0.1) is 0 Å². The summed E-state index contributed by atoms with van der Waals surface area (Å²) in [4.78, 5) is 0. The van der Waals surface area contributed by atoms with Gasteiger partial charge in [-0.3, -0.25) is 0 Å². The molecular formula is C16H16Br2O2. The van der Waals surface area contributed by atoms with Crippen LogP contribution in [0.15, 0.2) is 53.0 Å². The molecule has 0 saturated carbocycles. The molecule has 0 aliphatic rings. The number of alkyl halides is 1. The molecule has 2 aromatic carbocycles. The summed E-state index contributed by atoms with van der Waals surface area (Å²) in [5.41, 5.74) is 2.21. The Morgan fingerprint density at radius 2 is 1.75 bits per heavy atom. The standard InChI is InChI=1S/C16H16Br2O2/c1-19-15-5-3-2-4-14(15)16(10-17)20-11-12-6-8-13(18)9-7-12/h2-9,16H,10-11H2,1H3. The lowest BCUT2D eigenvalue weighted by atomic mass is 10.1. The van der Waals surface area contributed by atoms with Crippen LogP contribution < -0.4 is 4.74 Å². The minimum atomic E-state index is -0.0326. The lowest BCUT2D eigenvalue weighted by Crippen LogP contribution is -2.07. The quantitative estimate of drug-likeness (QED) is 0.628. The number of ether oxygens (including phenoxy) is 2. The van der Waals surface area contributed by atoms with Crippen LogP contribution in [-0.2, 0) is 11.3 Å². The van der Waals surface area contributed by atoms with Crippen LogP contribution in [-0.4, -0.2) is 12.4 Å². The Bertz CT molecular complexity index is 540. The summed E-state index contributed by atoms with van der Waals surface area (Å²) in [6, 6.07) is 16.1. The minimum absolute atomic E-state index is 0.0326. The maximum atomic E-state index is 6.00. The first-order valence-corrected chi connectivity index (χ1v) is 8.21. The number of methoxy groups -OCH3 is 1. The maximum Gasteiger partial charge on any atom is 0.124 e. The minimum Gasteiger partial charge on any atom is -0.496 e. The highest BCUT2D eigenvalue weighted by Crippen LogP contribution is 2.29. The van der Waals surface area contributed by atoms with E-state index in [1.807, 2.05) is 36.4 Å². The smallest absolute Gasteiger partial charge is 0.124 e. The number of hydrogen-bond donors (Lipinski definition) is 0. The molecule has 0 aromatic heterocycles. The van der Waals surface area contributed by atoms with E-state index in [1.165, 1.54) is 0 Å². The first kappa shape index (κ1) is 15.5. The van der Waals surface area contributed by atoms with Crippen molar-refractivity contribution in [1.29, 1.82) is 0 Å². The first-order chi connectivity index (χ1) is 9.74. The van der Waals surface area contributed by atoms with E-state index in [-0.39, 0.29) is 6.10 Å². The molecule has 2 nitrogen and oxygen atoms in total. The van der Waals surface area contributed by atoms with Crippen LogP contribution in [0.4, 0.5) is 0 Å². The molecule has 0 fully saturated rings. The number of para-hydroxylation sites is 1. The Hall–Kier alpha value is -0.840. The van der Waals surface area contributed by atoms with Crippen molar-refractivity contribution >= 4 is 31.9 Å². The van der Waals surface area contributed by atoms with Crippen LogP contribution >= 0.6 is 31.9 Å². The molecule has 2 aromatic rings. The SMILES string of the molecule is COc1ccccc1C(CBr)OCc1ccc(Br)cc1. The molecule has 0 amide bonds. The van der Waals surface area contributed by atoms with Crippen molar-refractivity contribution in [2.24, 2.45) is 0 Å². The molecule has 0 aliphatic carbocycles. The van der Waals surface area contributed by atoms with Crippen molar-refractivity contribution < 1.29 is 9.47 Å². The topological polar surface area (TPSA) is 18.5 Å². The van der Waals surface area contributed by atoms with Crippen LogP contribution in [0.1, 0.15) is 17.2 Å². The van der Waals surface area contributed by atoms with Crippen LogP contribution in [0.25, 0.3) is 0 Å². The van der Waals surface area contributed by atoms with E-state index in [2.05, 4.69) is 44.0 Å². The fraction of sp³-hybridized carbons (Fsp3) is 0.250. The van der Waals surface area contributed by atoms with Gasteiger partial charge in [-0.1, -0.05) is 62.2 Å². The molecule has 0 heterocycles. The van der Waals surface area contributed by atoms with Crippen molar-refractivity contribution in [3.05, 3.63) is 64.1 Å². The van der Waals surface area contributed by atoms with Gasteiger partial charge in [0.1, 0.15) is 5.75 Å². The summed E-state index contributed by atoms with van der Waals surface area (Å²) in [5, 5.41) is 0.726. The fourth-order valence-corrected chi connectivity index (χ4v) is 2.73. The van der Waals surface area contributed by atoms with Gasteiger partial charge in [-0.2, -0.15) is 0 Å². The molecule has 2 rings (SSSR count). The summed E-state index contributed by atoms with van der Waals surface area (Å²) in [6.45, 7) is 0.571. The predicted octanol–water partition coefficient (Wildman–Crippen LogP) is 5.11. The summed E-state index contributed by atoms with van der Waals surface area (Å²) in [7, 11) is 1.68. The molecule has 1 atom stereocenters. The highest BCUT2D eigenvalue weighted by molar-refractivity contribution is 9.10. The number of hydrogen-bond acceptors (Lipinski definition) is 2. The third-order valence-corrected chi connectivity index (χ3v) is 4.11. The summed E-state index contributed by atoms with van der Waals surface area (Å²) in [5.74, 6) is 0.854. The molecule has 0 N–H and O–H groups in total. The van der Waals surface area contributed by atoms with Crippen LogP contribution in [0.5, 0.6) is 5.75 Å². The van der Waals surface area contributed by atoms with Gasteiger partial charge in [0.2, 0.25) is 0 Å². The molecule has 0 aliphatic heterocycles. The monoisotopic (exact) mass is 398 g/mol. The highest BCUT2D eigenvalue weighted by Gasteiger charge is 2.15. The molecule has 0 saturated heterocycles. The molecule has 0 spiro atoms. The van der Waals surface area contributed by atoms with Crippen molar-refractivity contribution in [3.63, 3.8) is 0 Å². The maximum absolute atomic E-state index is 6.00. The zero-order valence-electron chi connectivity index (χ0n) is 11.2. The van der Waals surface area contributed by atoms with E-state index in [1.54, 1.807) is 7.11 Å². The van der Waals surface area contributed by atoms with Crippen molar-refractivity contribution in [3.8, 4) is 5.75 Å². The number of rotatable bonds is 6. The van der Waals surface area contributed by atoms with E-state index in [0.717, 1.165) is 26.7 Å².